The molecule has 0 spiro atoms. The minimum Gasteiger partial charge on any atom is -0.494 e. The number of hydrogen-bond acceptors (Lipinski definition) is 5. The SMILES string of the molecule is COc1c(Cl)cc(OCC=C(Cl)Cl)cc1/C(C)=N/OCCCC(=O)Nc1ccccc1. The zero-order valence-electron chi connectivity index (χ0n) is 17.2. The maximum absolute atomic E-state index is 11.9. The Balaban J connectivity index is 1.91. The van der Waals surface area contributed by atoms with Gasteiger partial charge in [-0.1, -0.05) is 58.2 Å². The van der Waals surface area contributed by atoms with Gasteiger partial charge in [0.2, 0.25) is 5.91 Å². The molecule has 0 atom stereocenters. The second-order valence-corrected chi connectivity index (χ2v) is 7.73. The Morgan fingerprint density at radius 1 is 1.19 bits per heavy atom. The topological polar surface area (TPSA) is 69.1 Å². The van der Waals surface area contributed by atoms with E-state index in [9.17, 15) is 4.79 Å². The van der Waals surface area contributed by atoms with E-state index < -0.39 is 0 Å². The second-order valence-electron chi connectivity index (χ2n) is 6.32. The van der Waals surface area contributed by atoms with Gasteiger partial charge in [0, 0.05) is 23.7 Å². The Bertz CT molecular complexity index is 930. The number of amides is 1. The van der Waals surface area contributed by atoms with Gasteiger partial charge >= 0.3 is 0 Å². The maximum Gasteiger partial charge on any atom is 0.224 e. The Hall–Kier alpha value is -2.41. The highest BCUT2D eigenvalue weighted by atomic mass is 35.5. The fourth-order valence-electron chi connectivity index (χ4n) is 2.56. The second kappa shape index (κ2) is 13.1. The van der Waals surface area contributed by atoms with Crippen LogP contribution >= 0.6 is 34.8 Å². The number of hydrogen-bond donors (Lipinski definition) is 1. The van der Waals surface area contributed by atoms with Crippen molar-refractivity contribution in [2.45, 2.75) is 19.8 Å². The van der Waals surface area contributed by atoms with Gasteiger partial charge in [-0.25, -0.2) is 0 Å². The van der Waals surface area contributed by atoms with Gasteiger partial charge in [0.1, 0.15) is 29.2 Å². The van der Waals surface area contributed by atoms with Crippen LogP contribution in [0.5, 0.6) is 11.5 Å². The Labute approximate surface area is 196 Å². The molecule has 0 aliphatic heterocycles. The van der Waals surface area contributed by atoms with Crippen molar-refractivity contribution in [2.75, 3.05) is 25.6 Å². The van der Waals surface area contributed by atoms with Crippen LogP contribution in [0.25, 0.3) is 0 Å². The van der Waals surface area contributed by atoms with E-state index in [1.165, 1.54) is 13.2 Å². The van der Waals surface area contributed by atoms with Crippen LogP contribution in [-0.2, 0) is 9.63 Å². The summed E-state index contributed by atoms with van der Waals surface area (Å²) in [6.45, 7) is 2.22. The smallest absolute Gasteiger partial charge is 0.224 e. The predicted octanol–water partition coefficient (Wildman–Crippen LogP) is 6.21. The molecular weight excluding hydrogens is 463 g/mol. The van der Waals surface area contributed by atoms with Crippen molar-refractivity contribution in [3.8, 4) is 11.5 Å². The molecule has 0 saturated heterocycles. The number of para-hydroxylation sites is 1. The molecule has 166 valence electrons. The molecule has 0 heterocycles. The highest BCUT2D eigenvalue weighted by Gasteiger charge is 2.14. The molecule has 0 aromatic heterocycles. The number of benzene rings is 2. The van der Waals surface area contributed by atoms with Gasteiger partial charge in [0.05, 0.1) is 17.8 Å². The summed E-state index contributed by atoms with van der Waals surface area (Å²) in [6, 6.07) is 12.6. The van der Waals surface area contributed by atoms with E-state index in [2.05, 4.69) is 10.5 Å². The van der Waals surface area contributed by atoms with Crippen molar-refractivity contribution < 1.29 is 19.1 Å². The number of oxime groups is 1. The number of nitrogens with zero attached hydrogens (tertiary/aromatic N) is 1. The number of methoxy groups -OCH3 is 1. The lowest BCUT2D eigenvalue weighted by atomic mass is 10.1. The molecule has 0 aliphatic rings. The number of nitrogens with one attached hydrogen (secondary N) is 1. The Morgan fingerprint density at radius 2 is 1.94 bits per heavy atom. The van der Waals surface area contributed by atoms with Crippen LogP contribution in [0.1, 0.15) is 25.3 Å². The van der Waals surface area contributed by atoms with Crippen molar-refractivity contribution in [1.82, 2.24) is 0 Å². The van der Waals surface area contributed by atoms with E-state index in [0.717, 1.165) is 5.69 Å². The molecule has 0 unspecified atom stereocenters. The van der Waals surface area contributed by atoms with Crippen molar-refractivity contribution in [3.05, 3.63) is 63.6 Å². The van der Waals surface area contributed by atoms with E-state index in [-0.39, 0.29) is 23.6 Å². The maximum atomic E-state index is 11.9. The third-order valence-corrected chi connectivity index (χ3v) is 4.59. The van der Waals surface area contributed by atoms with Crippen molar-refractivity contribution in [2.24, 2.45) is 5.16 Å². The Morgan fingerprint density at radius 3 is 2.61 bits per heavy atom. The van der Waals surface area contributed by atoms with E-state index in [1.54, 1.807) is 19.1 Å². The number of carbonyl (C=O) groups excluding carboxylic acids is 1. The van der Waals surface area contributed by atoms with E-state index in [1.807, 2.05) is 30.3 Å². The summed E-state index contributed by atoms with van der Waals surface area (Å²) in [5.41, 5.74) is 1.92. The molecular formula is C22H23Cl3N2O4. The molecule has 2 rings (SSSR count). The number of ether oxygens (including phenoxy) is 2. The minimum absolute atomic E-state index is 0.0834. The van der Waals surface area contributed by atoms with Crippen LogP contribution in [0.4, 0.5) is 5.69 Å². The molecule has 2 aromatic carbocycles. The van der Waals surface area contributed by atoms with Crippen LogP contribution < -0.4 is 14.8 Å². The molecule has 0 fully saturated rings. The van der Waals surface area contributed by atoms with Gasteiger partial charge in [0.15, 0.2) is 0 Å². The Kier molecular flexibility index (Phi) is 10.5. The number of carbonyl (C=O) groups is 1. The molecule has 31 heavy (non-hydrogen) atoms. The predicted molar refractivity (Wildman–Crippen MR) is 126 cm³/mol. The third-order valence-electron chi connectivity index (χ3n) is 4.00. The fraction of sp³-hybridized carbons (Fsp3) is 0.273. The first-order chi connectivity index (χ1) is 14.9. The van der Waals surface area contributed by atoms with Crippen molar-refractivity contribution in [3.63, 3.8) is 0 Å². The lowest BCUT2D eigenvalue weighted by Crippen LogP contribution is -2.12. The summed E-state index contributed by atoms with van der Waals surface area (Å²) >= 11 is 17.5. The average molecular weight is 486 g/mol. The van der Waals surface area contributed by atoms with Gasteiger partial charge in [0.25, 0.3) is 0 Å². The van der Waals surface area contributed by atoms with E-state index in [0.29, 0.717) is 40.6 Å². The van der Waals surface area contributed by atoms with Gasteiger partial charge in [-0.2, -0.15) is 0 Å². The summed E-state index contributed by atoms with van der Waals surface area (Å²) in [5.74, 6) is 0.866. The quantitative estimate of drug-likeness (QED) is 0.233. The van der Waals surface area contributed by atoms with Crippen molar-refractivity contribution in [1.29, 1.82) is 0 Å². The summed E-state index contributed by atoms with van der Waals surface area (Å²) in [6.07, 6.45) is 2.35. The molecule has 0 aliphatic carbocycles. The zero-order valence-corrected chi connectivity index (χ0v) is 19.4. The summed E-state index contributed by atoms with van der Waals surface area (Å²) in [5, 5.41) is 7.30. The monoisotopic (exact) mass is 484 g/mol. The van der Waals surface area contributed by atoms with E-state index in [4.69, 9.17) is 49.1 Å². The fourth-order valence-corrected chi connectivity index (χ4v) is 2.98. The van der Waals surface area contributed by atoms with Crippen LogP contribution in [0.15, 0.2) is 58.2 Å². The first-order valence-electron chi connectivity index (χ1n) is 9.44. The summed E-state index contributed by atoms with van der Waals surface area (Å²) in [7, 11) is 1.51. The zero-order chi connectivity index (χ0) is 22.6. The van der Waals surface area contributed by atoms with Gasteiger partial charge in [-0.15, -0.1) is 0 Å². The number of halogens is 3. The first-order valence-corrected chi connectivity index (χ1v) is 10.6. The van der Waals surface area contributed by atoms with Crippen LogP contribution in [0.2, 0.25) is 5.02 Å². The average Bonchev–Trinajstić information content (AvgIpc) is 2.73. The number of rotatable bonds is 11. The van der Waals surface area contributed by atoms with Crippen molar-refractivity contribution >= 4 is 52.1 Å². The standard InChI is InChI=1S/C22H23Cl3N2O4/c1-15(27-31-11-6-9-21(28)26-16-7-4-3-5-8-16)18-13-17(30-12-10-20(24)25)14-19(23)22(18)29-2/h3-5,7-8,10,13-14H,6,9,11-12H2,1-2H3,(H,26,28)/b27-15+. The van der Waals surface area contributed by atoms with Gasteiger partial charge in [-0.3, -0.25) is 4.79 Å². The molecule has 0 saturated carbocycles. The normalized spacial score (nSPS) is 10.9. The molecule has 1 N–H and O–H groups in total. The molecule has 0 bridgehead atoms. The molecule has 9 heteroatoms. The molecule has 1 amide bonds. The molecule has 2 aromatic rings. The summed E-state index contributed by atoms with van der Waals surface area (Å²) < 4.78 is 11.1. The van der Waals surface area contributed by atoms with Gasteiger partial charge in [-0.05, 0) is 37.6 Å². The lowest BCUT2D eigenvalue weighted by Gasteiger charge is -2.13. The molecule has 0 radical (unpaired) electrons. The van der Waals surface area contributed by atoms with Crippen LogP contribution in [0, 0.1) is 0 Å². The van der Waals surface area contributed by atoms with Crippen LogP contribution in [0.3, 0.4) is 0 Å². The summed E-state index contributed by atoms with van der Waals surface area (Å²) in [4.78, 5) is 17.3. The molecule has 6 nitrogen and oxygen atoms in total. The minimum atomic E-state index is -0.0834. The number of anilines is 1. The first kappa shape index (κ1) is 24.9. The highest BCUT2D eigenvalue weighted by Crippen LogP contribution is 2.34. The largest absolute Gasteiger partial charge is 0.494 e. The van der Waals surface area contributed by atoms with Gasteiger partial charge < -0.3 is 19.6 Å². The van der Waals surface area contributed by atoms with E-state index >= 15 is 0 Å². The lowest BCUT2D eigenvalue weighted by molar-refractivity contribution is -0.116. The highest BCUT2D eigenvalue weighted by molar-refractivity contribution is 6.55. The van der Waals surface area contributed by atoms with Crippen LogP contribution in [-0.4, -0.2) is 31.9 Å². The third kappa shape index (κ3) is 8.69.